The maximum Gasteiger partial charge on any atom is 0.270 e. The van der Waals surface area contributed by atoms with Crippen molar-refractivity contribution in [1.82, 2.24) is 9.47 Å². The largest absolute Gasteiger partial charge is 0.397 e. The van der Waals surface area contributed by atoms with Gasteiger partial charge in [-0.25, -0.2) is 0 Å². The van der Waals surface area contributed by atoms with Crippen molar-refractivity contribution in [2.24, 2.45) is 5.41 Å². The second kappa shape index (κ2) is 5.90. The fourth-order valence-electron chi connectivity index (χ4n) is 3.24. The highest BCUT2D eigenvalue weighted by Crippen LogP contribution is 2.37. The van der Waals surface area contributed by atoms with Crippen molar-refractivity contribution < 1.29 is 4.79 Å². The standard InChI is InChI=1S/C16H27N3O/c1-4-8-18-11-13(17)10-14(18)15(20)19-9-7-16(5-2,6-3)12-19/h10-11H,4-9,12,17H2,1-3H3. The first-order chi connectivity index (χ1) is 9.55. The van der Waals surface area contributed by atoms with Crippen LogP contribution < -0.4 is 5.73 Å². The molecule has 0 bridgehead atoms. The first-order valence-electron chi connectivity index (χ1n) is 7.80. The molecule has 0 atom stereocenters. The molecule has 4 heteroatoms. The molecule has 2 rings (SSSR count). The normalized spacial score (nSPS) is 17.6. The summed E-state index contributed by atoms with van der Waals surface area (Å²) in [5.41, 5.74) is 7.60. The molecule has 2 N–H and O–H groups in total. The predicted molar refractivity (Wildman–Crippen MR) is 82.7 cm³/mol. The molecule has 0 aliphatic carbocycles. The smallest absolute Gasteiger partial charge is 0.270 e. The van der Waals surface area contributed by atoms with Gasteiger partial charge in [-0.3, -0.25) is 4.79 Å². The molecule has 20 heavy (non-hydrogen) atoms. The van der Waals surface area contributed by atoms with Crippen LogP contribution in [0.4, 0.5) is 5.69 Å². The number of anilines is 1. The maximum absolute atomic E-state index is 12.7. The van der Waals surface area contributed by atoms with Crippen molar-refractivity contribution in [1.29, 1.82) is 0 Å². The van der Waals surface area contributed by atoms with Gasteiger partial charge >= 0.3 is 0 Å². The summed E-state index contributed by atoms with van der Waals surface area (Å²) >= 11 is 0. The zero-order valence-corrected chi connectivity index (χ0v) is 13.0. The van der Waals surface area contributed by atoms with E-state index in [-0.39, 0.29) is 5.91 Å². The minimum Gasteiger partial charge on any atom is -0.397 e. The average Bonchev–Trinajstić information content (AvgIpc) is 3.03. The third-order valence-corrected chi connectivity index (χ3v) is 4.83. The van der Waals surface area contributed by atoms with Crippen LogP contribution in [0.1, 0.15) is 56.9 Å². The summed E-state index contributed by atoms with van der Waals surface area (Å²) in [4.78, 5) is 14.7. The van der Waals surface area contributed by atoms with Gasteiger partial charge < -0.3 is 15.2 Å². The summed E-state index contributed by atoms with van der Waals surface area (Å²) in [6, 6.07) is 1.82. The second-order valence-electron chi connectivity index (χ2n) is 6.04. The third kappa shape index (κ3) is 2.69. The van der Waals surface area contributed by atoms with E-state index < -0.39 is 0 Å². The fourth-order valence-corrected chi connectivity index (χ4v) is 3.24. The Hall–Kier alpha value is -1.45. The number of nitrogens with two attached hydrogens (primary N) is 1. The van der Waals surface area contributed by atoms with E-state index in [1.54, 1.807) is 0 Å². The Labute approximate surface area is 121 Å². The molecular weight excluding hydrogens is 250 g/mol. The van der Waals surface area contributed by atoms with Gasteiger partial charge in [-0.2, -0.15) is 0 Å². The molecule has 0 saturated carbocycles. The highest BCUT2D eigenvalue weighted by molar-refractivity contribution is 5.94. The third-order valence-electron chi connectivity index (χ3n) is 4.83. The highest BCUT2D eigenvalue weighted by atomic mass is 16.2. The molecule has 1 fully saturated rings. The van der Waals surface area contributed by atoms with E-state index in [9.17, 15) is 4.79 Å². The lowest BCUT2D eigenvalue weighted by Gasteiger charge is -2.26. The van der Waals surface area contributed by atoms with Gasteiger partial charge in [0.05, 0.1) is 5.69 Å². The van der Waals surface area contributed by atoms with Crippen LogP contribution in [0.3, 0.4) is 0 Å². The monoisotopic (exact) mass is 277 g/mol. The molecule has 112 valence electrons. The van der Waals surface area contributed by atoms with E-state index in [4.69, 9.17) is 5.73 Å². The lowest BCUT2D eigenvalue weighted by atomic mass is 9.82. The summed E-state index contributed by atoms with van der Waals surface area (Å²) < 4.78 is 2.00. The number of aromatic nitrogens is 1. The van der Waals surface area contributed by atoms with Crippen LogP contribution in [-0.2, 0) is 6.54 Å². The van der Waals surface area contributed by atoms with E-state index in [0.29, 0.717) is 11.1 Å². The summed E-state index contributed by atoms with van der Waals surface area (Å²) in [6.45, 7) is 9.18. The number of aryl methyl sites for hydroxylation is 1. The molecule has 0 aromatic carbocycles. The molecule has 1 aliphatic heterocycles. The van der Waals surface area contributed by atoms with Gasteiger partial charge in [0.1, 0.15) is 5.69 Å². The molecule has 4 nitrogen and oxygen atoms in total. The van der Waals surface area contributed by atoms with Gasteiger partial charge in [0, 0.05) is 25.8 Å². The quantitative estimate of drug-likeness (QED) is 0.899. The molecule has 1 aromatic heterocycles. The Morgan fingerprint density at radius 2 is 2.05 bits per heavy atom. The molecule has 0 radical (unpaired) electrons. The second-order valence-corrected chi connectivity index (χ2v) is 6.04. The molecule has 2 heterocycles. The van der Waals surface area contributed by atoms with E-state index >= 15 is 0 Å². The van der Waals surface area contributed by atoms with Crippen molar-refractivity contribution >= 4 is 11.6 Å². The van der Waals surface area contributed by atoms with Crippen LogP contribution in [0.15, 0.2) is 12.3 Å². The molecular formula is C16H27N3O. The molecule has 1 aromatic rings. The van der Waals surface area contributed by atoms with Gasteiger partial charge in [0.15, 0.2) is 0 Å². The van der Waals surface area contributed by atoms with Crippen molar-refractivity contribution in [3.05, 3.63) is 18.0 Å². The van der Waals surface area contributed by atoms with Gasteiger partial charge in [-0.15, -0.1) is 0 Å². The van der Waals surface area contributed by atoms with Crippen LogP contribution in [0.25, 0.3) is 0 Å². The Kier molecular flexibility index (Phi) is 4.41. The fraction of sp³-hybridized carbons (Fsp3) is 0.688. The van der Waals surface area contributed by atoms with Gasteiger partial charge in [0.2, 0.25) is 0 Å². The van der Waals surface area contributed by atoms with Crippen LogP contribution >= 0.6 is 0 Å². The van der Waals surface area contributed by atoms with E-state index in [1.807, 2.05) is 21.7 Å². The SMILES string of the molecule is CCCn1cc(N)cc1C(=O)N1CCC(CC)(CC)C1. The first-order valence-corrected chi connectivity index (χ1v) is 7.80. The predicted octanol–water partition coefficient (Wildman–Crippen LogP) is 3.13. The number of carbonyl (C=O) groups is 1. The van der Waals surface area contributed by atoms with E-state index in [1.165, 1.54) is 0 Å². The lowest BCUT2D eigenvalue weighted by molar-refractivity contribution is 0.0759. The van der Waals surface area contributed by atoms with E-state index in [2.05, 4.69) is 20.8 Å². The Balaban J connectivity index is 2.16. The molecule has 0 spiro atoms. The van der Waals surface area contributed by atoms with E-state index in [0.717, 1.165) is 51.0 Å². The number of likely N-dealkylation sites (tertiary alicyclic amines) is 1. The Morgan fingerprint density at radius 1 is 1.35 bits per heavy atom. The van der Waals surface area contributed by atoms with Crippen molar-refractivity contribution in [2.75, 3.05) is 18.8 Å². The zero-order valence-electron chi connectivity index (χ0n) is 13.0. The highest BCUT2D eigenvalue weighted by Gasteiger charge is 2.37. The van der Waals surface area contributed by atoms with Crippen LogP contribution in [0.2, 0.25) is 0 Å². The summed E-state index contributed by atoms with van der Waals surface area (Å²) in [5, 5.41) is 0. The van der Waals surface area contributed by atoms with Crippen molar-refractivity contribution in [2.45, 2.75) is 53.0 Å². The summed E-state index contributed by atoms with van der Waals surface area (Å²) in [5.74, 6) is 0.138. The van der Waals surface area contributed by atoms with Gasteiger partial charge in [-0.05, 0) is 37.2 Å². The summed E-state index contributed by atoms with van der Waals surface area (Å²) in [6.07, 6.45) is 6.29. The number of nitrogens with zero attached hydrogens (tertiary/aromatic N) is 2. The number of carbonyl (C=O) groups excluding carboxylic acids is 1. The van der Waals surface area contributed by atoms with Crippen molar-refractivity contribution in [3.8, 4) is 0 Å². The topological polar surface area (TPSA) is 51.3 Å². The average molecular weight is 277 g/mol. The Bertz CT molecular complexity index is 474. The minimum atomic E-state index is 0.138. The molecule has 1 aliphatic rings. The van der Waals surface area contributed by atoms with Crippen LogP contribution in [0, 0.1) is 5.41 Å². The number of hydrogen-bond donors (Lipinski definition) is 1. The molecule has 1 saturated heterocycles. The molecule has 0 unspecified atom stereocenters. The zero-order chi connectivity index (χ0) is 14.8. The number of nitrogen functional groups attached to an aromatic ring is 1. The Morgan fingerprint density at radius 3 is 2.60 bits per heavy atom. The van der Waals surface area contributed by atoms with Crippen LogP contribution in [-0.4, -0.2) is 28.5 Å². The number of hydrogen-bond acceptors (Lipinski definition) is 2. The first kappa shape index (κ1) is 14.9. The number of rotatable bonds is 5. The maximum atomic E-state index is 12.7. The van der Waals surface area contributed by atoms with Gasteiger partial charge in [-0.1, -0.05) is 20.8 Å². The van der Waals surface area contributed by atoms with Crippen LogP contribution in [0.5, 0.6) is 0 Å². The summed E-state index contributed by atoms with van der Waals surface area (Å²) in [7, 11) is 0. The van der Waals surface area contributed by atoms with Gasteiger partial charge in [0.25, 0.3) is 5.91 Å². The molecule has 1 amide bonds. The number of amides is 1. The minimum absolute atomic E-state index is 0.138. The lowest BCUT2D eigenvalue weighted by Crippen LogP contribution is -2.33. The van der Waals surface area contributed by atoms with Crippen molar-refractivity contribution in [3.63, 3.8) is 0 Å².